The minimum Gasteiger partial charge on any atom is -0.383 e. The number of rotatable bonds is 2. The van der Waals surface area contributed by atoms with E-state index < -0.39 is 0 Å². The third-order valence-electron chi connectivity index (χ3n) is 3.25. The molecule has 1 heterocycles. The molecule has 1 fully saturated rings. The summed E-state index contributed by atoms with van der Waals surface area (Å²) in [6.07, 6.45) is 6.30. The summed E-state index contributed by atoms with van der Waals surface area (Å²) in [6, 6.07) is 8.83. The van der Waals surface area contributed by atoms with Crippen LogP contribution in [0.25, 0.3) is 0 Å². The van der Waals surface area contributed by atoms with Gasteiger partial charge in [-0.15, -0.1) is 0 Å². The van der Waals surface area contributed by atoms with Crippen LogP contribution in [0, 0.1) is 0 Å². The molecule has 17 heavy (non-hydrogen) atoms. The first-order valence-corrected chi connectivity index (χ1v) is 8.11. The maximum atomic E-state index is 5.34. The van der Waals surface area contributed by atoms with Gasteiger partial charge < -0.3 is 4.74 Å². The zero-order valence-corrected chi connectivity index (χ0v) is 13.5. The monoisotopic (exact) mass is 250 g/mol. The summed E-state index contributed by atoms with van der Waals surface area (Å²) in [5.41, 5.74) is 3.53. The quantitative estimate of drug-likeness (QED) is 0.733. The van der Waals surface area contributed by atoms with Gasteiger partial charge >= 0.3 is 0 Å². The number of hydrogen-bond donors (Lipinski definition) is 0. The second-order valence-corrected chi connectivity index (χ2v) is 5.99. The third kappa shape index (κ3) is 6.04. The van der Waals surface area contributed by atoms with E-state index in [4.69, 9.17) is 4.74 Å². The Morgan fingerprint density at radius 3 is 1.82 bits per heavy atom. The molecule has 0 aromatic heterocycles. The minimum atomic E-state index is 0.675. The molecule has 1 unspecified atom stereocenters. The van der Waals surface area contributed by atoms with Gasteiger partial charge in [-0.1, -0.05) is 38.1 Å². The Kier molecular flexibility index (Phi) is 7.21. The summed E-state index contributed by atoms with van der Waals surface area (Å²) in [5.74, 6) is 0. The number of aryl methyl sites for hydroxylation is 2. The molecule has 1 atom stereocenters. The smallest absolute Gasteiger partial charge is 0.0465 e. The molecule has 2 heteroatoms. The van der Waals surface area contributed by atoms with Gasteiger partial charge in [-0.3, -0.25) is 0 Å². The highest BCUT2D eigenvalue weighted by molar-refractivity contribution is 6.11. The summed E-state index contributed by atoms with van der Waals surface area (Å²) in [6.45, 7) is 5.38. The van der Waals surface area contributed by atoms with Gasteiger partial charge in [0.05, 0.1) is 0 Å². The molecule has 96 valence electrons. The number of ether oxygens (including phenoxy) is 1. The van der Waals surface area contributed by atoms with Crippen LogP contribution in [0.4, 0.5) is 0 Å². The zero-order valence-electron chi connectivity index (χ0n) is 11.5. The van der Waals surface area contributed by atoms with Crippen molar-refractivity contribution in [3.8, 4) is 0 Å². The Bertz CT molecular complexity index is 265. The van der Waals surface area contributed by atoms with Crippen molar-refractivity contribution in [3.05, 3.63) is 35.4 Å². The van der Waals surface area contributed by atoms with Gasteiger partial charge in [-0.2, -0.15) is 0 Å². The topological polar surface area (TPSA) is 9.23 Å². The lowest BCUT2D eigenvalue weighted by atomic mass is 10.1. The second-order valence-electron chi connectivity index (χ2n) is 4.70. The number of benzene rings is 1. The van der Waals surface area contributed by atoms with Crippen LogP contribution in [0.1, 0.15) is 44.2 Å². The average molecular weight is 250 g/mol. The summed E-state index contributed by atoms with van der Waals surface area (Å²) in [5, 5.41) is 0. The van der Waals surface area contributed by atoms with Crippen molar-refractivity contribution in [1.29, 1.82) is 0 Å². The SMILES string of the molecule is CCc1ccc(CC)cc1.[SiH3]C1CCCCO1. The highest BCUT2D eigenvalue weighted by Crippen LogP contribution is 2.08. The molecule has 0 radical (unpaired) electrons. The van der Waals surface area contributed by atoms with Crippen LogP contribution in [0.3, 0.4) is 0 Å². The molecule has 1 saturated heterocycles. The van der Waals surface area contributed by atoms with Gasteiger partial charge in [0.2, 0.25) is 0 Å². The van der Waals surface area contributed by atoms with Crippen molar-refractivity contribution in [2.75, 3.05) is 6.61 Å². The molecule has 0 bridgehead atoms. The minimum absolute atomic E-state index is 0.675. The number of hydrogen-bond acceptors (Lipinski definition) is 1. The summed E-state index contributed by atoms with van der Waals surface area (Å²) >= 11 is 0. The van der Waals surface area contributed by atoms with Crippen LogP contribution in [0.2, 0.25) is 0 Å². The largest absolute Gasteiger partial charge is 0.383 e. The van der Waals surface area contributed by atoms with E-state index in [0.29, 0.717) is 5.73 Å². The van der Waals surface area contributed by atoms with Crippen LogP contribution in [0.15, 0.2) is 24.3 Å². The molecule has 1 nitrogen and oxygen atoms in total. The van der Waals surface area contributed by atoms with E-state index in [9.17, 15) is 0 Å². The molecule has 1 aliphatic heterocycles. The molecule has 1 aromatic carbocycles. The Hall–Kier alpha value is -0.603. The summed E-state index contributed by atoms with van der Waals surface area (Å²) in [4.78, 5) is 0. The van der Waals surface area contributed by atoms with Gasteiger partial charge in [-0.25, -0.2) is 0 Å². The third-order valence-corrected chi connectivity index (χ3v) is 4.16. The standard InChI is InChI=1S/C10H14.C5H12OSi/c1-3-9-5-7-10(4-2)8-6-9;7-5-3-1-2-4-6-5/h5-8H,3-4H2,1-2H3;5H,1-4H2,7H3. The van der Waals surface area contributed by atoms with Crippen molar-refractivity contribution in [3.63, 3.8) is 0 Å². The predicted octanol–water partition coefficient (Wildman–Crippen LogP) is 2.69. The highest BCUT2D eigenvalue weighted by Gasteiger charge is 2.05. The fourth-order valence-corrected chi connectivity index (χ4v) is 2.56. The van der Waals surface area contributed by atoms with Crippen LogP contribution in [-0.4, -0.2) is 22.6 Å². The molecule has 0 aliphatic carbocycles. The van der Waals surface area contributed by atoms with Crippen molar-refractivity contribution >= 4 is 10.2 Å². The molecule has 0 saturated carbocycles. The lowest BCUT2D eigenvalue weighted by molar-refractivity contribution is 0.0675. The Balaban J connectivity index is 0.000000181. The zero-order chi connectivity index (χ0) is 12.5. The van der Waals surface area contributed by atoms with Crippen LogP contribution < -0.4 is 0 Å². The highest BCUT2D eigenvalue weighted by atomic mass is 28.1. The Morgan fingerprint density at radius 2 is 1.59 bits per heavy atom. The van der Waals surface area contributed by atoms with Crippen molar-refractivity contribution in [2.45, 2.75) is 51.7 Å². The van der Waals surface area contributed by atoms with E-state index in [-0.39, 0.29) is 0 Å². The average Bonchev–Trinajstić information content (AvgIpc) is 2.40. The fourth-order valence-electron chi connectivity index (χ4n) is 1.91. The first kappa shape index (κ1) is 14.5. The van der Waals surface area contributed by atoms with Gasteiger partial charge in [-0.05, 0) is 43.2 Å². The Morgan fingerprint density at radius 1 is 1.06 bits per heavy atom. The molecular weight excluding hydrogens is 224 g/mol. The molecule has 0 spiro atoms. The van der Waals surface area contributed by atoms with Crippen LogP contribution >= 0.6 is 0 Å². The molecule has 0 amide bonds. The summed E-state index contributed by atoms with van der Waals surface area (Å²) < 4.78 is 5.34. The normalized spacial score (nSPS) is 19.5. The van der Waals surface area contributed by atoms with E-state index in [2.05, 4.69) is 38.1 Å². The maximum Gasteiger partial charge on any atom is 0.0465 e. The first-order chi connectivity index (χ1) is 8.26. The van der Waals surface area contributed by atoms with Crippen LogP contribution in [0.5, 0.6) is 0 Å². The van der Waals surface area contributed by atoms with E-state index >= 15 is 0 Å². The van der Waals surface area contributed by atoms with Crippen molar-refractivity contribution in [1.82, 2.24) is 0 Å². The molecular formula is C15H26OSi. The van der Waals surface area contributed by atoms with Crippen molar-refractivity contribution < 1.29 is 4.74 Å². The van der Waals surface area contributed by atoms with Gasteiger partial charge in [0, 0.05) is 22.6 Å². The molecule has 1 aliphatic rings. The lowest BCUT2D eigenvalue weighted by Crippen LogP contribution is -2.18. The first-order valence-electron chi connectivity index (χ1n) is 6.95. The van der Waals surface area contributed by atoms with E-state index in [0.717, 1.165) is 19.4 Å². The van der Waals surface area contributed by atoms with Gasteiger partial charge in [0.25, 0.3) is 0 Å². The van der Waals surface area contributed by atoms with E-state index in [1.807, 2.05) is 0 Å². The predicted molar refractivity (Wildman–Crippen MR) is 78.7 cm³/mol. The molecule has 1 aromatic rings. The maximum absolute atomic E-state index is 5.34. The second kappa shape index (κ2) is 8.48. The van der Waals surface area contributed by atoms with Crippen molar-refractivity contribution in [2.24, 2.45) is 0 Å². The van der Waals surface area contributed by atoms with Gasteiger partial charge in [0.15, 0.2) is 0 Å². The fraction of sp³-hybridized carbons (Fsp3) is 0.600. The summed E-state index contributed by atoms with van der Waals surface area (Å²) in [7, 11) is 1.23. The molecule has 0 N–H and O–H groups in total. The molecule has 2 rings (SSSR count). The van der Waals surface area contributed by atoms with E-state index in [1.165, 1.54) is 40.6 Å². The Labute approximate surface area is 109 Å². The van der Waals surface area contributed by atoms with Gasteiger partial charge in [0.1, 0.15) is 0 Å². The lowest BCUT2D eigenvalue weighted by Gasteiger charge is -2.17. The van der Waals surface area contributed by atoms with Crippen LogP contribution in [-0.2, 0) is 17.6 Å². The van der Waals surface area contributed by atoms with E-state index in [1.54, 1.807) is 0 Å².